The van der Waals surface area contributed by atoms with Crippen molar-refractivity contribution in [1.82, 2.24) is 14.5 Å². The van der Waals surface area contributed by atoms with E-state index < -0.39 is 0 Å². The molecular weight excluding hydrogens is 318 g/mol. The zero-order valence-electron chi connectivity index (χ0n) is 13.5. The summed E-state index contributed by atoms with van der Waals surface area (Å²) >= 11 is 1.82. The molecule has 124 valence electrons. The summed E-state index contributed by atoms with van der Waals surface area (Å²) in [6.45, 7) is 4.42. The van der Waals surface area contributed by atoms with E-state index >= 15 is 0 Å². The molecule has 0 radical (unpaired) electrons. The summed E-state index contributed by atoms with van der Waals surface area (Å²) in [6.07, 6.45) is 6.01. The van der Waals surface area contributed by atoms with E-state index in [4.69, 9.17) is 4.74 Å². The van der Waals surface area contributed by atoms with Crippen molar-refractivity contribution < 1.29 is 4.74 Å². The predicted octanol–water partition coefficient (Wildman–Crippen LogP) is 3.55. The molecule has 1 aliphatic heterocycles. The molecule has 1 atom stereocenters. The van der Waals surface area contributed by atoms with E-state index in [1.54, 1.807) is 6.20 Å². The van der Waals surface area contributed by atoms with Crippen molar-refractivity contribution in [2.24, 2.45) is 0 Å². The summed E-state index contributed by atoms with van der Waals surface area (Å²) in [6, 6.07) is 12.7. The zero-order valence-corrected chi connectivity index (χ0v) is 14.4. The Morgan fingerprint density at radius 1 is 1.17 bits per heavy atom. The highest BCUT2D eigenvalue weighted by atomic mass is 32.1. The normalized spacial score (nSPS) is 18.2. The number of fused-ring (bicyclic) bond motifs is 1. The average Bonchev–Trinajstić information content (AvgIpc) is 3.23. The van der Waals surface area contributed by atoms with Crippen LogP contribution in [0.25, 0.3) is 0 Å². The van der Waals surface area contributed by atoms with E-state index in [9.17, 15) is 0 Å². The van der Waals surface area contributed by atoms with Crippen LogP contribution in [0.15, 0.2) is 60.4 Å². The number of ether oxygens (including phenoxy) is 1. The molecule has 3 aromatic heterocycles. The molecule has 3 aromatic rings. The van der Waals surface area contributed by atoms with Crippen molar-refractivity contribution in [3.63, 3.8) is 0 Å². The van der Waals surface area contributed by atoms with Crippen molar-refractivity contribution in [1.29, 1.82) is 0 Å². The largest absolute Gasteiger partial charge is 0.370 e. The molecule has 0 amide bonds. The molecule has 0 N–H and O–H groups in total. The number of aromatic nitrogens is 2. The smallest absolute Gasteiger partial charge is 0.0885 e. The second kappa shape index (κ2) is 7.30. The third-order valence-electron chi connectivity index (χ3n) is 4.34. The van der Waals surface area contributed by atoms with E-state index in [0.29, 0.717) is 6.61 Å². The van der Waals surface area contributed by atoms with E-state index in [1.165, 1.54) is 10.6 Å². The summed E-state index contributed by atoms with van der Waals surface area (Å²) in [5, 5.41) is 2.15. The van der Waals surface area contributed by atoms with E-state index in [-0.39, 0.29) is 6.10 Å². The third kappa shape index (κ3) is 3.75. The van der Waals surface area contributed by atoms with E-state index in [1.807, 2.05) is 23.6 Å². The Morgan fingerprint density at radius 2 is 2.17 bits per heavy atom. The maximum absolute atomic E-state index is 6.23. The van der Waals surface area contributed by atoms with Gasteiger partial charge in [0.2, 0.25) is 0 Å². The summed E-state index contributed by atoms with van der Waals surface area (Å²) in [5.41, 5.74) is 2.48. The van der Waals surface area contributed by atoms with Gasteiger partial charge in [-0.2, -0.15) is 0 Å². The Labute approximate surface area is 146 Å². The second-order valence-electron chi connectivity index (χ2n) is 6.20. The third-order valence-corrected chi connectivity index (χ3v) is 5.20. The standard InChI is InChI=1S/C19H21N3OS/c1-4-16(10-20-7-1)15-23-18-12-21(14-19-6-3-9-24-19)11-17-5-2-8-22(17)13-18/h1-10,18H,11-15H2. The Morgan fingerprint density at radius 3 is 3.00 bits per heavy atom. The molecular formula is C19H21N3OS. The van der Waals surface area contributed by atoms with Crippen LogP contribution < -0.4 is 0 Å². The molecule has 0 saturated carbocycles. The number of hydrogen-bond donors (Lipinski definition) is 0. The monoisotopic (exact) mass is 339 g/mol. The van der Waals surface area contributed by atoms with Crippen molar-refractivity contribution in [3.05, 3.63) is 76.5 Å². The lowest BCUT2D eigenvalue weighted by molar-refractivity contribution is 0.00875. The molecule has 0 aliphatic carbocycles. The minimum atomic E-state index is 0.179. The number of hydrogen-bond acceptors (Lipinski definition) is 4. The van der Waals surface area contributed by atoms with Gasteiger partial charge in [0, 0.05) is 55.3 Å². The van der Waals surface area contributed by atoms with Crippen LogP contribution in [0.3, 0.4) is 0 Å². The maximum atomic E-state index is 6.23. The van der Waals surface area contributed by atoms with E-state index in [0.717, 1.165) is 31.7 Å². The zero-order chi connectivity index (χ0) is 16.2. The van der Waals surface area contributed by atoms with Crippen LogP contribution in [0.4, 0.5) is 0 Å². The summed E-state index contributed by atoms with van der Waals surface area (Å²) in [4.78, 5) is 8.05. The lowest BCUT2D eigenvalue weighted by atomic mass is 10.3. The van der Waals surface area contributed by atoms with Crippen LogP contribution in [0.2, 0.25) is 0 Å². The maximum Gasteiger partial charge on any atom is 0.0885 e. The van der Waals surface area contributed by atoms with Gasteiger partial charge in [0.05, 0.1) is 12.7 Å². The molecule has 0 spiro atoms. The first-order valence-electron chi connectivity index (χ1n) is 8.26. The molecule has 1 unspecified atom stereocenters. The van der Waals surface area contributed by atoms with Crippen molar-refractivity contribution in [3.8, 4) is 0 Å². The highest BCUT2D eigenvalue weighted by Gasteiger charge is 2.22. The first kappa shape index (κ1) is 15.6. The van der Waals surface area contributed by atoms with Crippen molar-refractivity contribution in [2.75, 3.05) is 6.54 Å². The topological polar surface area (TPSA) is 30.3 Å². The first-order chi connectivity index (χ1) is 11.9. The molecule has 4 rings (SSSR count). The highest BCUT2D eigenvalue weighted by Crippen LogP contribution is 2.20. The Kier molecular flexibility index (Phi) is 4.74. The molecule has 4 heterocycles. The summed E-state index contributed by atoms with van der Waals surface area (Å²) < 4.78 is 8.55. The highest BCUT2D eigenvalue weighted by molar-refractivity contribution is 7.09. The minimum absolute atomic E-state index is 0.179. The predicted molar refractivity (Wildman–Crippen MR) is 95.7 cm³/mol. The number of thiophene rings is 1. The molecule has 0 fully saturated rings. The fraction of sp³-hybridized carbons (Fsp3) is 0.316. The summed E-state index contributed by atoms with van der Waals surface area (Å²) in [7, 11) is 0. The van der Waals surface area contributed by atoms with Gasteiger partial charge in [-0.15, -0.1) is 11.3 Å². The SMILES string of the molecule is c1cncc(COC2CN(Cc3cccs3)Cc3cccn3C2)c1. The Balaban J connectivity index is 1.46. The number of nitrogens with zero attached hydrogens (tertiary/aromatic N) is 3. The first-order valence-corrected chi connectivity index (χ1v) is 9.14. The minimum Gasteiger partial charge on any atom is -0.370 e. The lowest BCUT2D eigenvalue weighted by Gasteiger charge is -2.23. The fourth-order valence-electron chi connectivity index (χ4n) is 3.18. The van der Waals surface area contributed by atoms with Gasteiger partial charge in [0.25, 0.3) is 0 Å². The molecule has 5 heteroatoms. The van der Waals surface area contributed by atoms with Gasteiger partial charge in [-0.1, -0.05) is 12.1 Å². The van der Waals surface area contributed by atoms with Crippen LogP contribution in [0.1, 0.15) is 16.1 Å². The van der Waals surface area contributed by atoms with Gasteiger partial charge >= 0.3 is 0 Å². The van der Waals surface area contributed by atoms with Crippen LogP contribution in [-0.4, -0.2) is 27.1 Å². The Hall–Kier alpha value is -1.95. The molecule has 24 heavy (non-hydrogen) atoms. The molecule has 0 saturated heterocycles. The van der Waals surface area contributed by atoms with Crippen LogP contribution in [0, 0.1) is 0 Å². The van der Waals surface area contributed by atoms with Crippen LogP contribution >= 0.6 is 11.3 Å². The summed E-state index contributed by atoms with van der Waals surface area (Å²) in [5.74, 6) is 0. The molecule has 0 bridgehead atoms. The van der Waals surface area contributed by atoms with Gasteiger partial charge in [-0.3, -0.25) is 9.88 Å². The number of pyridine rings is 1. The van der Waals surface area contributed by atoms with Gasteiger partial charge in [0.1, 0.15) is 0 Å². The van der Waals surface area contributed by atoms with Gasteiger partial charge in [-0.25, -0.2) is 0 Å². The van der Waals surface area contributed by atoms with E-state index in [2.05, 4.69) is 56.4 Å². The average molecular weight is 339 g/mol. The fourth-order valence-corrected chi connectivity index (χ4v) is 3.92. The Bertz CT molecular complexity index is 754. The second-order valence-corrected chi connectivity index (χ2v) is 7.23. The van der Waals surface area contributed by atoms with Gasteiger partial charge < -0.3 is 9.30 Å². The lowest BCUT2D eigenvalue weighted by Crippen LogP contribution is -2.32. The molecule has 4 nitrogen and oxygen atoms in total. The molecule has 0 aromatic carbocycles. The van der Waals surface area contributed by atoms with Crippen molar-refractivity contribution in [2.45, 2.75) is 32.3 Å². The van der Waals surface area contributed by atoms with Crippen molar-refractivity contribution >= 4 is 11.3 Å². The van der Waals surface area contributed by atoms with Crippen LogP contribution in [-0.2, 0) is 31.0 Å². The van der Waals surface area contributed by atoms with Gasteiger partial charge in [-0.05, 0) is 35.2 Å². The number of rotatable bonds is 5. The van der Waals surface area contributed by atoms with Crippen LogP contribution in [0.5, 0.6) is 0 Å². The quantitative estimate of drug-likeness (QED) is 0.712. The molecule has 1 aliphatic rings. The van der Waals surface area contributed by atoms with Gasteiger partial charge in [0.15, 0.2) is 0 Å².